The van der Waals surface area contributed by atoms with E-state index in [-0.39, 0.29) is 5.56 Å². The zero-order valence-corrected chi connectivity index (χ0v) is 19.5. The largest absolute Gasteiger partial charge is 0.493 e. The maximum Gasteiger partial charge on any atom is 0.339 e. The highest BCUT2D eigenvalue weighted by atomic mass is 31.2. The molecule has 0 aliphatic rings. The Labute approximate surface area is 182 Å². The number of benzene rings is 1. The van der Waals surface area contributed by atoms with Crippen LogP contribution in [0.25, 0.3) is 11.4 Å². The molecule has 0 atom stereocenters. The molecule has 170 valence electrons. The Morgan fingerprint density at radius 3 is 2.45 bits per heavy atom. The van der Waals surface area contributed by atoms with Crippen LogP contribution in [-0.4, -0.2) is 42.9 Å². The summed E-state index contributed by atoms with van der Waals surface area (Å²) in [5.41, 5.74) is 2.16. The summed E-state index contributed by atoms with van der Waals surface area (Å²) in [6.07, 6.45) is 1.58. The lowest BCUT2D eigenvalue weighted by Gasteiger charge is -2.16. The van der Waals surface area contributed by atoms with Crippen LogP contribution in [0.3, 0.4) is 0 Å². The highest BCUT2D eigenvalue weighted by molar-refractivity contribution is 7.54. The van der Waals surface area contributed by atoms with E-state index >= 15 is 0 Å². The molecule has 2 rings (SSSR count). The zero-order chi connectivity index (χ0) is 23.0. The van der Waals surface area contributed by atoms with Gasteiger partial charge in [0.1, 0.15) is 17.7 Å². The van der Waals surface area contributed by atoms with Crippen LogP contribution in [0.4, 0.5) is 5.69 Å². The van der Waals surface area contributed by atoms with Crippen molar-refractivity contribution in [1.82, 2.24) is 9.97 Å². The van der Waals surface area contributed by atoms with Gasteiger partial charge < -0.3 is 24.1 Å². The minimum absolute atomic E-state index is 0.193. The van der Waals surface area contributed by atoms with Gasteiger partial charge in [-0.2, -0.15) is 0 Å². The molecule has 0 saturated carbocycles. The maximum absolute atomic E-state index is 12.6. The first-order valence-corrected chi connectivity index (χ1v) is 11.9. The van der Waals surface area contributed by atoms with Crippen LogP contribution >= 0.6 is 7.60 Å². The van der Waals surface area contributed by atoms with E-state index < -0.39 is 19.7 Å². The topological polar surface area (TPSA) is 120 Å². The van der Waals surface area contributed by atoms with E-state index in [4.69, 9.17) is 13.8 Å². The van der Waals surface area contributed by atoms with Crippen LogP contribution < -0.4 is 15.6 Å². The molecule has 2 N–H and O–H groups in total. The lowest BCUT2D eigenvalue weighted by molar-refractivity contribution is -0.114. The van der Waals surface area contributed by atoms with Crippen molar-refractivity contribution in [1.29, 1.82) is 0 Å². The monoisotopic (exact) mass is 451 g/mol. The highest BCUT2D eigenvalue weighted by Crippen LogP contribution is 2.46. The third-order valence-electron chi connectivity index (χ3n) is 4.66. The number of nitrogens with one attached hydrogen (secondary N) is 2. The fourth-order valence-electron chi connectivity index (χ4n) is 3.04. The first kappa shape index (κ1) is 24.8. The van der Waals surface area contributed by atoms with E-state index in [1.54, 1.807) is 18.2 Å². The van der Waals surface area contributed by atoms with Crippen molar-refractivity contribution in [2.45, 2.75) is 40.0 Å². The number of H-pyrrole nitrogens is 1. The van der Waals surface area contributed by atoms with Crippen LogP contribution in [0.2, 0.25) is 0 Å². The number of anilines is 1. The summed E-state index contributed by atoms with van der Waals surface area (Å²) >= 11 is 0. The summed E-state index contributed by atoms with van der Waals surface area (Å²) < 4.78 is 27.7. The molecule has 1 amide bonds. The van der Waals surface area contributed by atoms with Gasteiger partial charge in [-0.3, -0.25) is 14.2 Å². The Hall–Kier alpha value is -2.48. The molecular weight excluding hydrogens is 421 g/mol. The van der Waals surface area contributed by atoms with Gasteiger partial charge in [-0.05, 0) is 37.5 Å². The minimum Gasteiger partial charge on any atom is -0.493 e. The molecule has 0 bridgehead atoms. The van der Waals surface area contributed by atoms with Crippen molar-refractivity contribution in [2.24, 2.45) is 0 Å². The molecular formula is C21H30N3O6P. The van der Waals surface area contributed by atoms with E-state index in [0.717, 1.165) is 12.1 Å². The molecule has 0 spiro atoms. The Morgan fingerprint density at radius 1 is 1.16 bits per heavy atom. The van der Waals surface area contributed by atoms with Gasteiger partial charge in [-0.1, -0.05) is 20.8 Å². The molecule has 0 aliphatic heterocycles. The number of hydrogen-bond donors (Lipinski definition) is 2. The summed E-state index contributed by atoms with van der Waals surface area (Å²) in [5.74, 6) is 0.367. The maximum atomic E-state index is 12.6. The van der Waals surface area contributed by atoms with Crippen molar-refractivity contribution in [2.75, 3.05) is 32.3 Å². The first-order chi connectivity index (χ1) is 14.8. The molecule has 9 nitrogen and oxygen atoms in total. The molecule has 0 unspecified atom stereocenters. The van der Waals surface area contributed by atoms with Gasteiger partial charge in [-0.15, -0.1) is 0 Å². The number of aromatic amines is 1. The van der Waals surface area contributed by atoms with Gasteiger partial charge in [0.25, 0.3) is 5.56 Å². The lowest BCUT2D eigenvalue weighted by Crippen LogP contribution is -2.19. The summed E-state index contributed by atoms with van der Waals surface area (Å²) in [6.45, 7) is 6.33. The summed E-state index contributed by atoms with van der Waals surface area (Å²) in [5, 5.41) is 2.68. The zero-order valence-electron chi connectivity index (χ0n) is 18.6. The highest BCUT2D eigenvalue weighted by Gasteiger charge is 2.26. The summed E-state index contributed by atoms with van der Waals surface area (Å²) in [4.78, 5) is 32.4. The van der Waals surface area contributed by atoms with Gasteiger partial charge >= 0.3 is 7.60 Å². The van der Waals surface area contributed by atoms with Crippen molar-refractivity contribution >= 4 is 19.2 Å². The van der Waals surface area contributed by atoms with Crippen LogP contribution in [0, 0.1) is 0 Å². The smallest absolute Gasteiger partial charge is 0.339 e. The predicted molar refractivity (Wildman–Crippen MR) is 120 cm³/mol. The molecule has 0 saturated heterocycles. The number of nitrogens with zero attached hydrogens (tertiary/aromatic N) is 1. The number of hydrogen-bond acceptors (Lipinski definition) is 7. The standard InChI is InChI=1S/C21H30N3O6P/c1-6-11-30-18-10-9-14(22-19(25)13-31(27,28-4)29-5)12-16(18)20-23-17(8-3)15(7-2)21(26)24-20/h9-10,12H,6-8,11,13H2,1-5H3,(H,22,25)(H,23,24,26). The minimum atomic E-state index is -3.49. The van der Waals surface area contributed by atoms with Crippen molar-refractivity contribution in [3.63, 3.8) is 0 Å². The molecule has 2 aromatic rings. The molecule has 10 heteroatoms. The molecule has 1 aromatic carbocycles. The summed E-state index contributed by atoms with van der Waals surface area (Å²) in [7, 11) is -1.04. The Morgan fingerprint density at radius 2 is 1.87 bits per heavy atom. The number of aromatic nitrogens is 2. The Balaban J connectivity index is 2.46. The molecule has 0 radical (unpaired) electrons. The fourth-order valence-corrected chi connectivity index (χ4v) is 3.88. The fraction of sp³-hybridized carbons (Fsp3) is 0.476. The molecule has 0 fully saturated rings. The van der Waals surface area contributed by atoms with E-state index in [0.29, 0.717) is 47.8 Å². The van der Waals surface area contributed by atoms with Gasteiger partial charge in [0.15, 0.2) is 0 Å². The second-order valence-corrected chi connectivity index (χ2v) is 9.06. The van der Waals surface area contributed by atoms with E-state index in [9.17, 15) is 14.2 Å². The van der Waals surface area contributed by atoms with Crippen LogP contribution in [0.1, 0.15) is 38.4 Å². The van der Waals surface area contributed by atoms with E-state index in [1.807, 2.05) is 20.8 Å². The SMILES string of the molecule is CCCOc1ccc(NC(=O)CP(=O)(OC)OC)cc1-c1nc(CC)c(CC)c(=O)[nH]1. The third-order valence-corrected chi connectivity index (χ3v) is 6.45. The second-order valence-electron chi connectivity index (χ2n) is 6.79. The molecule has 31 heavy (non-hydrogen) atoms. The van der Waals surface area contributed by atoms with Crippen molar-refractivity contribution < 1.29 is 23.1 Å². The van der Waals surface area contributed by atoms with Crippen LogP contribution in [0.15, 0.2) is 23.0 Å². The molecule has 1 aromatic heterocycles. The van der Waals surface area contributed by atoms with Gasteiger partial charge in [-0.25, -0.2) is 4.98 Å². The van der Waals surface area contributed by atoms with Crippen LogP contribution in [0.5, 0.6) is 5.75 Å². The Kier molecular flexibility index (Phi) is 8.98. The number of aryl methyl sites for hydroxylation is 1. The summed E-state index contributed by atoms with van der Waals surface area (Å²) in [6, 6.07) is 5.03. The number of amides is 1. The molecule has 0 aliphatic carbocycles. The van der Waals surface area contributed by atoms with Crippen molar-refractivity contribution in [3.8, 4) is 17.1 Å². The number of rotatable bonds is 11. The number of carbonyl (C=O) groups excluding carboxylic acids is 1. The normalized spacial score (nSPS) is 11.4. The number of carbonyl (C=O) groups is 1. The van der Waals surface area contributed by atoms with E-state index in [2.05, 4.69) is 15.3 Å². The van der Waals surface area contributed by atoms with Gasteiger partial charge in [0.05, 0.1) is 17.9 Å². The third kappa shape index (κ3) is 6.26. The van der Waals surface area contributed by atoms with Gasteiger partial charge in [0, 0.05) is 25.5 Å². The van der Waals surface area contributed by atoms with Crippen molar-refractivity contribution in [3.05, 3.63) is 39.8 Å². The predicted octanol–water partition coefficient (Wildman–Crippen LogP) is 3.77. The quantitative estimate of drug-likeness (QED) is 0.499. The average molecular weight is 451 g/mol. The lowest BCUT2D eigenvalue weighted by atomic mass is 10.1. The average Bonchev–Trinajstić information content (AvgIpc) is 2.77. The number of ether oxygens (including phenoxy) is 1. The molecule has 1 heterocycles. The van der Waals surface area contributed by atoms with E-state index in [1.165, 1.54) is 14.2 Å². The van der Waals surface area contributed by atoms with Crippen LogP contribution in [-0.2, 0) is 31.2 Å². The van der Waals surface area contributed by atoms with Gasteiger partial charge in [0.2, 0.25) is 5.91 Å². The first-order valence-electron chi connectivity index (χ1n) is 10.2. The second kappa shape index (κ2) is 11.2. The Bertz CT molecular complexity index is 1010.